The van der Waals surface area contributed by atoms with Crippen LogP contribution < -0.4 is 4.74 Å². The predicted octanol–water partition coefficient (Wildman–Crippen LogP) is 5.74. The summed E-state index contributed by atoms with van der Waals surface area (Å²) in [7, 11) is 2.66. The normalized spacial score (nSPS) is 15.7. The second-order valence-corrected chi connectivity index (χ2v) is 9.99. The number of hydrogen-bond acceptors (Lipinski definition) is 8. The number of benzene rings is 4. The van der Waals surface area contributed by atoms with Crippen molar-refractivity contribution in [2.24, 2.45) is 0 Å². The van der Waals surface area contributed by atoms with Crippen molar-refractivity contribution in [2.75, 3.05) is 27.4 Å². The summed E-state index contributed by atoms with van der Waals surface area (Å²) in [4.78, 5) is 23.4. The highest BCUT2D eigenvalue weighted by Crippen LogP contribution is 2.29. The van der Waals surface area contributed by atoms with E-state index in [1.807, 2.05) is 68.4 Å². The second kappa shape index (κ2) is 13.8. The zero-order chi connectivity index (χ0) is 30.2. The van der Waals surface area contributed by atoms with Gasteiger partial charge in [-0.25, -0.2) is 9.59 Å². The molecule has 42 heavy (non-hydrogen) atoms. The Hall–Kier alpha value is -4.66. The van der Waals surface area contributed by atoms with Crippen molar-refractivity contribution in [2.45, 2.75) is 26.1 Å². The van der Waals surface area contributed by atoms with Crippen LogP contribution in [0.15, 0.2) is 84.9 Å². The fourth-order valence-electron chi connectivity index (χ4n) is 4.39. The maximum Gasteiger partial charge on any atom is 0.338 e. The third-order valence-corrected chi connectivity index (χ3v) is 6.72. The highest BCUT2D eigenvalue weighted by Gasteiger charge is 2.28. The first kappa shape index (κ1) is 30.3. The number of phenolic OH excluding ortho intramolecular Hbond substituents is 1. The monoisotopic (exact) mass is 570 g/mol. The molecule has 2 atom stereocenters. The molecular weight excluding hydrogens is 536 g/mol. The molecule has 1 heterocycles. The number of ether oxygens (including phenoxy) is 4. The predicted molar refractivity (Wildman–Crippen MR) is 159 cm³/mol. The summed E-state index contributed by atoms with van der Waals surface area (Å²) in [6.07, 6.45) is -1.11. The van der Waals surface area contributed by atoms with Crippen LogP contribution in [0.5, 0.6) is 11.5 Å². The van der Waals surface area contributed by atoms with Crippen molar-refractivity contribution in [3.05, 3.63) is 107 Å². The summed E-state index contributed by atoms with van der Waals surface area (Å²) in [5.41, 5.74) is 6.61. The molecule has 2 unspecified atom stereocenters. The molecule has 0 spiro atoms. The molecular formula is C34H34O8. The number of phenols is 1. The van der Waals surface area contributed by atoms with Crippen molar-refractivity contribution in [1.82, 2.24) is 0 Å². The van der Waals surface area contributed by atoms with Crippen LogP contribution in [0.25, 0.3) is 22.3 Å². The summed E-state index contributed by atoms with van der Waals surface area (Å²) >= 11 is 0. The van der Waals surface area contributed by atoms with Gasteiger partial charge in [-0.2, -0.15) is 0 Å². The number of aliphatic hydroxyl groups is 1. The van der Waals surface area contributed by atoms with Crippen molar-refractivity contribution in [3.8, 4) is 33.8 Å². The van der Waals surface area contributed by atoms with Crippen molar-refractivity contribution in [1.29, 1.82) is 0 Å². The molecule has 1 aliphatic rings. The molecule has 1 saturated heterocycles. The van der Waals surface area contributed by atoms with Crippen LogP contribution in [0.3, 0.4) is 0 Å². The number of esters is 2. The molecule has 1 aliphatic heterocycles. The highest BCUT2D eigenvalue weighted by atomic mass is 16.6. The first-order chi connectivity index (χ1) is 20.2. The van der Waals surface area contributed by atoms with Crippen molar-refractivity contribution >= 4 is 11.9 Å². The topological polar surface area (TPSA) is 112 Å². The number of aromatic hydroxyl groups is 1. The summed E-state index contributed by atoms with van der Waals surface area (Å²) < 4.78 is 20.5. The van der Waals surface area contributed by atoms with E-state index in [1.54, 1.807) is 24.3 Å². The molecule has 4 aromatic rings. The number of aliphatic hydroxyl groups excluding tert-OH is 1. The molecule has 1 fully saturated rings. The van der Waals surface area contributed by atoms with Gasteiger partial charge >= 0.3 is 11.9 Å². The van der Waals surface area contributed by atoms with Crippen molar-refractivity contribution < 1.29 is 38.7 Å². The minimum Gasteiger partial charge on any atom is -0.508 e. The van der Waals surface area contributed by atoms with E-state index in [0.717, 1.165) is 33.4 Å². The van der Waals surface area contributed by atoms with Crippen LogP contribution in [0, 0.1) is 13.8 Å². The Bertz CT molecular complexity index is 1530. The van der Waals surface area contributed by atoms with E-state index >= 15 is 0 Å². The summed E-state index contributed by atoms with van der Waals surface area (Å²) in [6, 6.07) is 25.8. The third-order valence-electron chi connectivity index (χ3n) is 6.72. The van der Waals surface area contributed by atoms with Crippen LogP contribution in [0.2, 0.25) is 0 Å². The average Bonchev–Trinajstić information content (AvgIpc) is 3.40. The Kier molecular flexibility index (Phi) is 9.96. The number of methoxy groups -OCH3 is 2. The molecule has 0 radical (unpaired) electrons. The van der Waals surface area contributed by atoms with Gasteiger partial charge in [-0.1, -0.05) is 59.7 Å². The van der Waals surface area contributed by atoms with Gasteiger partial charge in [0.25, 0.3) is 0 Å². The van der Waals surface area contributed by atoms with E-state index < -0.39 is 24.1 Å². The fraction of sp³-hybridized carbons (Fsp3) is 0.235. The van der Waals surface area contributed by atoms with Gasteiger partial charge in [-0.05, 0) is 72.5 Å². The molecule has 2 N–H and O–H groups in total. The lowest BCUT2D eigenvalue weighted by Crippen LogP contribution is -2.29. The fourth-order valence-corrected chi connectivity index (χ4v) is 4.39. The minimum atomic E-state index is -0.672. The van der Waals surface area contributed by atoms with E-state index in [2.05, 4.69) is 4.74 Å². The standard InChI is InChI=1S/C19H20O5.C15H14O3/c1-12-3-5-13(6-4-12)14-7-15(19(21)22-2)9-16(8-14)24-18-11-23-10-17(18)20;1-10-3-5-11(6-4-10)12-7-13(15(17)18-2)9-14(16)8-12/h3-9,17-18,20H,10-11H2,1-2H3;3-9,16H,1-2H3. The van der Waals surface area contributed by atoms with E-state index in [0.29, 0.717) is 23.5 Å². The molecule has 0 aromatic heterocycles. The van der Waals surface area contributed by atoms with Gasteiger partial charge in [0.15, 0.2) is 0 Å². The largest absolute Gasteiger partial charge is 0.508 e. The summed E-state index contributed by atoms with van der Waals surface area (Å²) in [5, 5.41) is 19.5. The average molecular weight is 571 g/mol. The molecule has 5 rings (SSSR count). The van der Waals surface area contributed by atoms with Crippen LogP contribution in [0.4, 0.5) is 0 Å². The summed E-state index contributed by atoms with van der Waals surface area (Å²) in [6.45, 7) is 4.60. The van der Waals surface area contributed by atoms with Gasteiger partial charge in [-0.15, -0.1) is 0 Å². The Morgan fingerprint density at radius 3 is 1.67 bits per heavy atom. The SMILES string of the molecule is COC(=O)c1cc(O)cc(-c2ccc(C)cc2)c1.COC(=O)c1cc(OC2COCC2O)cc(-c2ccc(C)cc2)c1. The highest BCUT2D eigenvalue weighted by molar-refractivity contribution is 5.92. The Balaban J connectivity index is 0.000000201. The molecule has 0 aliphatic carbocycles. The lowest BCUT2D eigenvalue weighted by Gasteiger charge is -2.17. The first-order valence-electron chi connectivity index (χ1n) is 13.4. The second-order valence-electron chi connectivity index (χ2n) is 9.99. The van der Waals surface area contributed by atoms with Crippen molar-refractivity contribution in [3.63, 3.8) is 0 Å². The van der Waals surface area contributed by atoms with Crippen LogP contribution in [-0.2, 0) is 14.2 Å². The molecule has 0 saturated carbocycles. The lowest BCUT2D eigenvalue weighted by molar-refractivity contribution is 0.0590. The van der Waals surface area contributed by atoms with Gasteiger partial charge in [0.2, 0.25) is 0 Å². The first-order valence-corrected chi connectivity index (χ1v) is 13.4. The molecule has 218 valence electrons. The quantitative estimate of drug-likeness (QED) is 0.282. The van der Waals surface area contributed by atoms with Crippen LogP contribution >= 0.6 is 0 Å². The Labute approximate surface area is 245 Å². The van der Waals surface area contributed by atoms with E-state index in [4.69, 9.17) is 14.2 Å². The summed E-state index contributed by atoms with van der Waals surface area (Å²) in [5.74, 6) is -0.340. The molecule has 0 bridgehead atoms. The minimum absolute atomic E-state index is 0.0495. The maximum absolute atomic E-state index is 12.0. The maximum atomic E-state index is 12.0. The number of carbonyl (C=O) groups excluding carboxylic acids is 2. The third kappa shape index (κ3) is 7.75. The molecule has 0 amide bonds. The van der Waals surface area contributed by atoms with Gasteiger partial charge in [0.1, 0.15) is 23.7 Å². The van der Waals surface area contributed by atoms with Crippen LogP contribution in [0.1, 0.15) is 31.8 Å². The van der Waals surface area contributed by atoms with E-state index in [9.17, 15) is 19.8 Å². The number of carbonyl (C=O) groups is 2. The zero-order valence-corrected chi connectivity index (χ0v) is 24.0. The number of aryl methyl sites for hydroxylation is 2. The lowest BCUT2D eigenvalue weighted by atomic mass is 10.0. The molecule has 4 aromatic carbocycles. The Morgan fingerprint density at radius 2 is 1.19 bits per heavy atom. The zero-order valence-electron chi connectivity index (χ0n) is 24.0. The number of hydrogen-bond donors (Lipinski definition) is 2. The van der Waals surface area contributed by atoms with Crippen LogP contribution in [-0.4, -0.2) is 61.8 Å². The smallest absolute Gasteiger partial charge is 0.338 e. The van der Waals surface area contributed by atoms with E-state index in [1.165, 1.54) is 20.3 Å². The van der Waals surface area contributed by atoms with E-state index in [-0.39, 0.29) is 12.4 Å². The van der Waals surface area contributed by atoms with Gasteiger partial charge in [-0.3, -0.25) is 0 Å². The Morgan fingerprint density at radius 1 is 0.690 bits per heavy atom. The molecule has 8 heteroatoms. The van der Waals surface area contributed by atoms with Gasteiger partial charge < -0.3 is 29.2 Å². The van der Waals surface area contributed by atoms with Gasteiger partial charge in [0.05, 0.1) is 38.6 Å². The number of rotatable bonds is 6. The van der Waals surface area contributed by atoms with Gasteiger partial charge in [0, 0.05) is 0 Å². The molecule has 8 nitrogen and oxygen atoms in total.